The van der Waals surface area contributed by atoms with Gasteiger partial charge in [-0.15, -0.1) is 0 Å². The number of alkyl halides is 3. The average Bonchev–Trinajstić information content (AvgIpc) is 2.15. The summed E-state index contributed by atoms with van der Waals surface area (Å²) in [5.74, 6) is 0.0108. The first kappa shape index (κ1) is 13.5. The summed E-state index contributed by atoms with van der Waals surface area (Å²) in [5.41, 5.74) is 5.86. The molecule has 16 heavy (non-hydrogen) atoms. The van der Waals surface area contributed by atoms with Gasteiger partial charge in [0.1, 0.15) is 0 Å². The van der Waals surface area contributed by atoms with Crippen LogP contribution in [0.1, 0.15) is 30.9 Å². The summed E-state index contributed by atoms with van der Waals surface area (Å²) in [6.45, 7) is 3.72. The highest BCUT2D eigenvalue weighted by atomic mass is 79.9. The Balaban J connectivity index is 3.10. The van der Waals surface area contributed by atoms with Crippen LogP contribution >= 0.6 is 15.9 Å². The second-order valence-corrected chi connectivity index (χ2v) is 4.74. The summed E-state index contributed by atoms with van der Waals surface area (Å²) in [4.78, 5) is 0. The van der Waals surface area contributed by atoms with Crippen LogP contribution in [0.4, 0.5) is 13.2 Å². The van der Waals surface area contributed by atoms with Crippen molar-refractivity contribution in [2.24, 2.45) is 5.73 Å². The van der Waals surface area contributed by atoms with Crippen LogP contribution in [0.2, 0.25) is 0 Å². The van der Waals surface area contributed by atoms with Gasteiger partial charge in [-0.25, -0.2) is 0 Å². The lowest BCUT2D eigenvalue weighted by Gasteiger charge is -2.18. The highest BCUT2D eigenvalue weighted by Gasteiger charge is 2.31. The summed E-state index contributed by atoms with van der Waals surface area (Å²) >= 11 is 3.15. The molecule has 1 aromatic rings. The van der Waals surface area contributed by atoms with Gasteiger partial charge < -0.3 is 5.73 Å². The molecule has 2 atom stereocenters. The minimum Gasteiger partial charge on any atom is -0.327 e. The van der Waals surface area contributed by atoms with Crippen LogP contribution in [0, 0.1) is 0 Å². The van der Waals surface area contributed by atoms with Gasteiger partial charge in [0.25, 0.3) is 0 Å². The second kappa shape index (κ2) is 4.75. The van der Waals surface area contributed by atoms with E-state index >= 15 is 0 Å². The zero-order valence-electron chi connectivity index (χ0n) is 8.98. The van der Waals surface area contributed by atoms with Crippen molar-refractivity contribution in [3.63, 3.8) is 0 Å². The Bertz CT molecular complexity index is 374. The summed E-state index contributed by atoms with van der Waals surface area (Å²) in [6, 6.07) is 3.54. The van der Waals surface area contributed by atoms with Crippen molar-refractivity contribution in [3.05, 3.63) is 33.8 Å². The number of rotatable bonds is 2. The zero-order valence-corrected chi connectivity index (χ0v) is 10.6. The van der Waals surface area contributed by atoms with Gasteiger partial charge in [-0.2, -0.15) is 13.2 Å². The molecule has 1 rings (SSSR count). The van der Waals surface area contributed by atoms with Crippen molar-refractivity contribution in [2.75, 3.05) is 0 Å². The first-order valence-corrected chi connectivity index (χ1v) is 5.65. The van der Waals surface area contributed by atoms with Gasteiger partial charge in [-0.3, -0.25) is 0 Å². The van der Waals surface area contributed by atoms with Gasteiger partial charge in [0.15, 0.2) is 0 Å². The molecule has 0 aliphatic rings. The van der Waals surface area contributed by atoms with Gasteiger partial charge in [-0.05, 0) is 30.5 Å². The minimum absolute atomic E-state index is 0.0108. The van der Waals surface area contributed by atoms with Gasteiger partial charge in [0.05, 0.1) is 5.56 Å². The van der Waals surface area contributed by atoms with E-state index in [9.17, 15) is 13.2 Å². The maximum absolute atomic E-state index is 12.4. The zero-order chi connectivity index (χ0) is 12.5. The molecule has 0 fully saturated rings. The number of hydrogen-bond acceptors (Lipinski definition) is 1. The molecule has 0 aliphatic heterocycles. The molecule has 90 valence electrons. The molecule has 2 unspecified atom stereocenters. The Morgan fingerprint density at radius 1 is 1.25 bits per heavy atom. The summed E-state index contributed by atoms with van der Waals surface area (Å²) in [5, 5.41) is 0. The summed E-state index contributed by atoms with van der Waals surface area (Å²) in [6.07, 6.45) is -4.31. The fourth-order valence-corrected chi connectivity index (χ4v) is 2.10. The fourth-order valence-electron chi connectivity index (χ4n) is 1.36. The Kier molecular flexibility index (Phi) is 4.02. The largest absolute Gasteiger partial charge is 0.416 e. The molecule has 0 saturated carbocycles. The number of hydrogen-bond donors (Lipinski definition) is 1. The standard InChI is InChI=1S/C11H13BrF3N/c1-6(7(2)16)9-4-3-8(5-10(9)12)11(13,14)15/h3-7H,16H2,1-2H3. The van der Waals surface area contributed by atoms with Crippen molar-refractivity contribution in [3.8, 4) is 0 Å². The van der Waals surface area contributed by atoms with Crippen LogP contribution in [0.15, 0.2) is 22.7 Å². The topological polar surface area (TPSA) is 26.0 Å². The lowest BCUT2D eigenvalue weighted by atomic mass is 9.94. The van der Waals surface area contributed by atoms with E-state index in [1.165, 1.54) is 6.07 Å². The van der Waals surface area contributed by atoms with Crippen LogP contribution in [0.25, 0.3) is 0 Å². The van der Waals surface area contributed by atoms with Crippen molar-refractivity contribution < 1.29 is 13.2 Å². The Morgan fingerprint density at radius 2 is 1.81 bits per heavy atom. The maximum atomic E-state index is 12.4. The second-order valence-electron chi connectivity index (χ2n) is 3.88. The molecule has 0 spiro atoms. The fraction of sp³-hybridized carbons (Fsp3) is 0.455. The van der Waals surface area contributed by atoms with Gasteiger partial charge in [0, 0.05) is 10.5 Å². The predicted molar refractivity (Wildman–Crippen MR) is 61.2 cm³/mol. The molecule has 0 saturated heterocycles. The average molecular weight is 296 g/mol. The van der Waals surface area contributed by atoms with E-state index in [0.29, 0.717) is 4.47 Å². The van der Waals surface area contributed by atoms with Crippen molar-refractivity contribution in [1.29, 1.82) is 0 Å². The van der Waals surface area contributed by atoms with E-state index in [1.807, 2.05) is 13.8 Å². The molecule has 0 bridgehead atoms. The van der Waals surface area contributed by atoms with Crippen LogP contribution in [0.5, 0.6) is 0 Å². The highest BCUT2D eigenvalue weighted by Crippen LogP contribution is 2.34. The normalized spacial score (nSPS) is 15.9. The molecule has 1 aromatic carbocycles. The SMILES string of the molecule is CC(N)C(C)c1ccc(C(F)(F)F)cc1Br. The van der Waals surface area contributed by atoms with Gasteiger partial charge in [0.2, 0.25) is 0 Å². The maximum Gasteiger partial charge on any atom is 0.416 e. The molecule has 5 heteroatoms. The lowest BCUT2D eigenvalue weighted by Crippen LogP contribution is -2.22. The first-order chi connectivity index (χ1) is 7.23. The summed E-state index contributed by atoms with van der Waals surface area (Å²) in [7, 11) is 0. The van der Waals surface area contributed by atoms with E-state index in [4.69, 9.17) is 5.73 Å². The molecule has 0 amide bonds. The monoisotopic (exact) mass is 295 g/mol. The van der Waals surface area contributed by atoms with E-state index in [0.717, 1.165) is 17.7 Å². The first-order valence-electron chi connectivity index (χ1n) is 4.85. The smallest absolute Gasteiger partial charge is 0.327 e. The quantitative estimate of drug-likeness (QED) is 0.879. The molecule has 0 radical (unpaired) electrons. The highest BCUT2D eigenvalue weighted by molar-refractivity contribution is 9.10. The number of nitrogens with two attached hydrogens (primary N) is 1. The molecule has 0 aliphatic carbocycles. The lowest BCUT2D eigenvalue weighted by molar-refractivity contribution is -0.137. The van der Waals surface area contributed by atoms with Gasteiger partial charge in [-0.1, -0.05) is 28.9 Å². The van der Waals surface area contributed by atoms with Crippen molar-refractivity contribution >= 4 is 15.9 Å². The van der Waals surface area contributed by atoms with E-state index in [1.54, 1.807) is 0 Å². The van der Waals surface area contributed by atoms with Crippen molar-refractivity contribution in [1.82, 2.24) is 0 Å². The Morgan fingerprint density at radius 3 is 2.19 bits per heavy atom. The van der Waals surface area contributed by atoms with Crippen molar-refractivity contribution in [2.45, 2.75) is 32.0 Å². The van der Waals surface area contributed by atoms with Crippen LogP contribution in [-0.2, 0) is 6.18 Å². The summed E-state index contributed by atoms with van der Waals surface area (Å²) < 4.78 is 37.7. The molecule has 0 aromatic heterocycles. The Labute approximate surface area is 101 Å². The van der Waals surface area contributed by atoms with Crippen LogP contribution in [0.3, 0.4) is 0 Å². The third kappa shape index (κ3) is 2.98. The van der Waals surface area contributed by atoms with Crippen LogP contribution < -0.4 is 5.73 Å². The van der Waals surface area contributed by atoms with E-state index < -0.39 is 11.7 Å². The Hall–Kier alpha value is -0.550. The molecule has 0 heterocycles. The third-order valence-corrected chi connectivity index (χ3v) is 3.29. The molecular weight excluding hydrogens is 283 g/mol. The van der Waals surface area contributed by atoms with E-state index in [-0.39, 0.29) is 12.0 Å². The number of benzene rings is 1. The molecular formula is C11H13BrF3N. The molecule has 2 N–H and O–H groups in total. The van der Waals surface area contributed by atoms with Crippen LogP contribution in [-0.4, -0.2) is 6.04 Å². The minimum atomic E-state index is -4.31. The third-order valence-electron chi connectivity index (χ3n) is 2.61. The number of halogens is 4. The predicted octanol–water partition coefficient (Wildman–Crippen LogP) is 3.92. The molecule has 1 nitrogen and oxygen atoms in total. The van der Waals surface area contributed by atoms with E-state index in [2.05, 4.69) is 15.9 Å². The van der Waals surface area contributed by atoms with Gasteiger partial charge >= 0.3 is 6.18 Å².